The minimum atomic E-state index is -0.315. The Hall–Kier alpha value is -2.06. The van der Waals surface area contributed by atoms with Crippen LogP contribution in [0.5, 0.6) is 0 Å². The molecular formula is C14H15FN6S. The number of hydrogen-bond acceptors (Lipinski definition) is 6. The van der Waals surface area contributed by atoms with Gasteiger partial charge in [0.15, 0.2) is 5.16 Å². The molecule has 0 unspecified atom stereocenters. The Morgan fingerprint density at radius 2 is 2.14 bits per heavy atom. The monoisotopic (exact) mass is 318 g/mol. The summed E-state index contributed by atoms with van der Waals surface area (Å²) in [4.78, 5) is 8.40. The minimum absolute atomic E-state index is 0.315. The van der Waals surface area contributed by atoms with E-state index in [1.165, 1.54) is 30.2 Å². The van der Waals surface area contributed by atoms with Crippen LogP contribution in [0.25, 0.3) is 10.9 Å². The van der Waals surface area contributed by atoms with Crippen molar-refractivity contribution in [2.45, 2.75) is 30.1 Å². The predicted molar refractivity (Wildman–Crippen MR) is 82.1 cm³/mol. The van der Waals surface area contributed by atoms with E-state index in [0.717, 1.165) is 17.5 Å². The number of hydrogen-bond donors (Lipinski definition) is 1. The van der Waals surface area contributed by atoms with Crippen LogP contribution in [0, 0.1) is 5.82 Å². The first-order valence-corrected chi connectivity index (χ1v) is 7.74. The zero-order chi connectivity index (χ0) is 15.5. The van der Waals surface area contributed by atoms with E-state index in [0.29, 0.717) is 28.9 Å². The molecule has 8 heteroatoms. The second-order valence-corrected chi connectivity index (χ2v) is 5.58. The molecule has 0 radical (unpaired) electrons. The van der Waals surface area contributed by atoms with Crippen LogP contribution in [0.4, 0.5) is 4.39 Å². The van der Waals surface area contributed by atoms with E-state index in [2.05, 4.69) is 20.2 Å². The third-order valence-electron chi connectivity index (χ3n) is 3.23. The topological polar surface area (TPSA) is 82.5 Å². The molecule has 0 aliphatic rings. The average Bonchev–Trinajstić information content (AvgIpc) is 2.90. The van der Waals surface area contributed by atoms with Gasteiger partial charge in [-0.3, -0.25) is 0 Å². The molecule has 0 bridgehead atoms. The lowest BCUT2D eigenvalue weighted by molar-refractivity contribution is 0.629. The number of nitrogens with two attached hydrogens (primary N) is 1. The van der Waals surface area contributed by atoms with Gasteiger partial charge in [-0.2, -0.15) is 0 Å². The standard InChI is InChI=1S/C14H15FN6S/c1-2-21-12(5-6-16)19-20-14(21)22-13-10-7-9(15)3-4-11(10)17-8-18-13/h3-4,7-8H,2,5-6,16H2,1H3. The molecule has 6 nitrogen and oxygen atoms in total. The molecule has 0 spiro atoms. The van der Waals surface area contributed by atoms with Crippen molar-refractivity contribution >= 4 is 22.7 Å². The molecule has 0 saturated carbocycles. The van der Waals surface area contributed by atoms with Crippen molar-refractivity contribution in [3.8, 4) is 0 Å². The van der Waals surface area contributed by atoms with E-state index in [9.17, 15) is 4.39 Å². The predicted octanol–water partition coefficient (Wildman–Crippen LogP) is 2.03. The summed E-state index contributed by atoms with van der Waals surface area (Å²) in [6.07, 6.45) is 2.14. The van der Waals surface area contributed by atoms with Gasteiger partial charge in [0.25, 0.3) is 0 Å². The fraction of sp³-hybridized carbons (Fsp3) is 0.286. The van der Waals surface area contributed by atoms with E-state index in [1.54, 1.807) is 6.07 Å². The molecule has 0 atom stereocenters. The van der Waals surface area contributed by atoms with Crippen molar-refractivity contribution in [2.24, 2.45) is 5.73 Å². The van der Waals surface area contributed by atoms with Crippen LogP contribution in [0.1, 0.15) is 12.7 Å². The Morgan fingerprint density at radius 1 is 1.27 bits per heavy atom. The van der Waals surface area contributed by atoms with Crippen molar-refractivity contribution < 1.29 is 4.39 Å². The summed E-state index contributed by atoms with van der Waals surface area (Å²) in [5, 5.41) is 10.4. The molecule has 22 heavy (non-hydrogen) atoms. The lowest BCUT2D eigenvalue weighted by atomic mass is 10.2. The third kappa shape index (κ3) is 2.79. The summed E-state index contributed by atoms with van der Waals surface area (Å²) >= 11 is 1.35. The molecule has 2 heterocycles. The van der Waals surface area contributed by atoms with E-state index in [4.69, 9.17) is 5.73 Å². The summed E-state index contributed by atoms with van der Waals surface area (Å²) in [5.41, 5.74) is 6.28. The maximum atomic E-state index is 13.5. The van der Waals surface area contributed by atoms with Crippen molar-refractivity contribution in [3.05, 3.63) is 36.2 Å². The summed E-state index contributed by atoms with van der Waals surface area (Å²) in [5.74, 6) is 0.530. The molecule has 114 valence electrons. The summed E-state index contributed by atoms with van der Waals surface area (Å²) < 4.78 is 15.5. The van der Waals surface area contributed by atoms with Gasteiger partial charge in [-0.25, -0.2) is 14.4 Å². The number of nitrogens with zero attached hydrogens (tertiary/aromatic N) is 5. The summed E-state index contributed by atoms with van der Waals surface area (Å²) in [6, 6.07) is 4.46. The van der Waals surface area contributed by atoms with Gasteiger partial charge in [0, 0.05) is 18.4 Å². The fourth-order valence-corrected chi connectivity index (χ4v) is 3.17. The molecule has 0 saturated heterocycles. The molecular weight excluding hydrogens is 303 g/mol. The second kappa shape index (κ2) is 6.37. The lowest BCUT2D eigenvalue weighted by Gasteiger charge is -2.07. The Balaban J connectivity index is 2.01. The van der Waals surface area contributed by atoms with Gasteiger partial charge in [0.1, 0.15) is 23.0 Å². The molecule has 2 aromatic heterocycles. The van der Waals surface area contributed by atoms with Gasteiger partial charge in [-0.05, 0) is 43.4 Å². The maximum Gasteiger partial charge on any atom is 0.197 e. The summed E-state index contributed by atoms with van der Waals surface area (Å²) in [7, 11) is 0. The van der Waals surface area contributed by atoms with E-state index < -0.39 is 0 Å². The highest BCUT2D eigenvalue weighted by Crippen LogP contribution is 2.30. The van der Waals surface area contributed by atoms with Crippen LogP contribution in [0.3, 0.4) is 0 Å². The highest BCUT2D eigenvalue weighted by atomic mass is 32.2. The fourth-order valence-electron chi connectivity index (χ4n) is 2.20. The van der Waals surface area contributed by atoms with Crippen molar-refractivity contribution in [2.75, 3.05) is 6.54 Å². The van der Waals surface area contributed by atoms with Gasteiger partial charge in [0.2, 0.25) is 0 Å². The SMILES string of the molecule is CCn1c(CCN)nnc1Sc1ncnc2ccc(F)cc12. The first kappa shape index (κ1) is 14.9. The Labute approximate surface area is 131 Å². The first-order chi connectivity index (χ1) is 10.7. The van der Waals surface area contributed by atoms with Crippen molar-refractivity contribution in [3.63, 3.8) is 0 Å². The largest absolute Gasteiger partial charge is 0.330 e. The highest BCUT2D eigenvalue weighted by Gasteiger charge is 2.14. The van der Waals surface area contributed by atoms with Crippen LogP contribution < -0.4 is 5.73 Å². The first-order valence-electron chi connectivity index (χ1n) is 6.93. The molecule has 1 aromatic carbocycles. The number of aromatic nitrogens is 5. The van der Waals surface area contributed by atoms with Gasteiger partial charge in [-0.1, -0.05) is 0 Å². The van der Waals surface area contributed by atoms with Crippen LogP contribution >= 0.6 is 11.8 Å². The number of fused-ring (bicyclic) bond motifs is 1. The Morgan fingerprint density at radius 3 is 2.91 bits per heavy atom. The second-order valence-electron chi connectivity index (χ2n) is 4.62. The zero-order valence-corrected chi connectivity index (χ0v) is 12.8. The molecule has 2 N–H and O–H groups in total. The Kier molecular flexibility index (Phi) is 4.30. The van der Waals surface area contributed by atoms with Gasteiger partial charge >= 0.3 is 0 Å². The molecule has 0 aliphatic heterocycles. The number of rotatable bonds is 5. The molecule has 3 aromatic rings. The van der Waals surface area contributed by atoms with Crippen LogP contribution in [-0.4, -0.2) is 31.3 Å². The average molecular weight is 318 g/mol. The van der Waals surface area contributed by atoms with Gasteiger partial charge in [0.05, 0.1) is 5.52 Å². The van der Waals surface area contributed by atoms with E-state index >= 15 is 0 Å². The molecule has 0 aliphatic carbocycles. The van der Waals surface area contributed by atoms with E-state index in [-0.39, 0.29) is 5.82 Å². The van der Waals surface area contributed by atoms with Gasteiger partial charge in [-0.15, -0.1) is 10.2 Å². The zero-order valence-electron chi connectivity index (χ0n) is 12.0. The van der Waals surface area contributed by atoms with Crippen molar-refractivity contribution in [1.82, 2.24) is 24.7 Å². The third-order valence-corrected chi connectivity index (χ3v) is 4.23. The maximum absolute atomic E-state index is 13.5. The molecule has 0 fully saturated rings. The normalized spacial score (nSPS) is 11.2. The number of halogens is 1. The summed E-state index contributed by atoms with van der Waals surface area (Å²) in [6.45, 7) is 3.28. The van der Waals surface area contributed by atoms with Crippen LogP contribution in [0.15, 0.2) is 34.7 Å². The smallest absolute Gasteiger partial charge is 0.197 e. The quantitative estimate of drug-likeness (QED) is 0.725. The Bertz CT molecular complexity index is 803. The van der Waals surface area contributed by atoms with E-state index in [1.807, 2.05) is 11.5 Å². The minimum Gasteiger partial charge on any atom is -0.330 e. The highest BCUT2D eigenvalue weighted by molar-refractivity contribution is 7.99. The molecule has 3 rings (SSSR count). The van der Waals surface area contributed by atoms with Gasteiger partial charge < -0.3 is 10.3 Å². The number of benzene rings is 1. The lowest BCUT2D eigenvalue weighted by Crippen LogP contribution is -2.10. The van der Waals surface area contributed by atoms with Crippen molar-refractivity contribution in [1.29, 1.82) is 0 Å². The van der Waals surface area contributed by atoms with Crippen LogP contribution in [0.2, 0.25) is 0 Å². The molecule has 0 amide bonds. The van der Waals surface area contributed by atoms with Crippen LogP contribution in [-0.2, 0) is 13.0 Å².